The van der Waals surface area contributed by atoms with E-state index in [0.717, 1.165) is 4.70 Å². The fourth-order valence-corrected chi connectivity index (χ4v) is 5.13. The summed E-state index contributed by atoms with van der Waals surface area (Å²) >= 11 is 7.05. The van der Waals surface area contributed by atoms with Crippen molar-refractivity contribution >= 4 is 54.0 Å². The van der Waals surface area contributed by atoms with Crippen LogP contribution < -0.4 is 14.8 Å². The normalized spacial score (nSPS) is 11.4. The van der Waals surface area contributed by atoms with Crippen molar-refractivity contribution in [1.82, 2.24) is 4.98 Å². The van der Waals surface area contributed by atoms with Gasteiger partial charge in [-0.05, 0) is 42.8 Å². The Morgan fingerprint density at radius 1 is 1.10 bits per heavy atom. The lowest BCUT2D eigenvalue weighted by Gasteiger charge is -2.05. The Bertz CT molecular complexity index is 1090. The van der Waals surface area contributed by atoms with Gasteiger partial charge in [-0.1, -0.05) is 22.9 Å². The van der Waals surface area contributed by atoms with Crippen molar-refractivity contribution in [1.29, 1.82) is 0 Å². The maximum Gasteiger partial charge on any atom is 0.226 e. The van der Waals surface area contributed by atoms with Crippen LogP contribution in [0.25, 0.3) is 10.2 Å². The molecule has 0 aliphatic carbocycles. The molecule has 0 aliphatic rings. The third kappa shape index (κ3) is 4.98. The van der Waals surface area contributed by atoms with Gasteiger partial charge in [0.2, 0.25) is 5.91 Å². The average Bonchev–Trinajstić information content (AvgIpc) is 3.10. The zero-order valence-corrected chi connectivity index (χ0v) is 18.2. The summed E-state index contributed by atoms with van der Waals surface area (Å²) in [6.45, 7) is 0. The van der Waals surface area contributed by atoms with Crippen LogP contribution in [0.5, 0.6) is 11.5 Å². The van der Waals surface area contributed by atoms with E-state index < -0.39 is 9.84 Å². The summed E-state index contributed by atoms with van der Waals surface area (Å²) in [5.41, 5.74) is 0.595. The second-order valence-corrected chi connectivity index (χ2v) is 9.64. The minimum absolute atomic E-state index is 0.0526. The van der Waals surface area contributed by atoms with E-state index in [2.05, 4.69) is 10.3 Å². The number of aromatic nitrogens is 1. The van der Waals surface area contributed by atoms with Gasteiger partial charge in [-0.15, -0.1) is 0 Å². The zero-order valence-electron chi connectivity index (χ0n) is 15.8. The average molecular weight is 455 g/mol. The number of anilines is 1. The molecule has 0 atom stereocenters. The lowest BCUT2D eigenvalue weighted by Crippen LogP contribution is -2.14. The number of fused-ring (bicyclic) bond motifs is 1. The molecule has 154 valence electrons. The molecule has 0 aliphatic heterocycles. The minimum atomic E-state index is -3.47. The van der Waals surface area contributed by atoms with Crippen LogP contribution in [0.3, 0.4) is 0 Å². The molecule has 0 spiro atoms. The summed E-state index contributed by atoms with van der Waals surface area (Å²) < 4.78 is 36.0. The summed E-state index contributed by atoms with van der Waals surface area (Å²) in [5.74, 6) is 0.761. The van der Waals surface area contributed by atoms with Gasteiger partial charge in [-0.25, -0.2) is 13.4 Å². The highest BCUT2D eigenvalue weighted by molar-refractivity contribution is 7.91. The van der Waals surface area contributed by atoms with Crippen LogP contribution in [0.15, 0.2) is 41.3 Å². The first kappa shape index (κ1) is 21.4. The van der Waals surface area contributed by atoms with Crippen molar-refractivity contribution in [2.75, 3.05) is 25.3 Å². The molecule has 0 fully saturated rings. The summed E-state index contributed by atoms with van der Waals surface area (Å²) in [7, 11) is -0.371. The lowest BCUT2D eigenvalue weighted by atomic mass is 10.3. The third-order valence-electron chi connectivity index (χ3n) is 4.15. The largest absolute Gasteiger partial charge is 0.495 e. The van der Waals surface area contributed by atoms with Gasteiger partial charge in [0.15, 0.2) is 15.0 Å². The Kier molecular flexibility index (Phi) is 6.61. The van der Waals surface area contributed by atoms with Crippen LogP contribution in [0.1, 0.15) is 12.8 Å². The van der Waals surface area contributed by atoms with Gasteiger partial charge in [0.05, 0.1) is 24.9 Å². The smallest absolute Gasteiger partial charge is 0.226 e. The highest BCUT2D eigenvalue weighted by atomic mass is 35.5. The van der Waals surface area contributed by atoms with Crippen LogP contribution in [0.4, 0.5) is 5.13 Å². The van der Waals surface area contributed by atoms with E-state index in [4.69, 9.17) is 21.1 Å². The zero-order chi connectivity index (χ0) is 21.0. The number of carbonyl (C=O) groups excluding carboxylic acids is 1. The number of benzene rings is 2. The van der Waals surface area contributed by atoms with Crippen LogP contribution in [-0.2, 0) is 14.6 Å². The maximum absolute atomic E-state index is 12.3. The number of sulfone groups is 1. The molecule has 29 heavy (non-hydrogen) atoms. The number of thiazole rings is 1. The molecule has 7 nitrogen and oxygen atoms in total. The van der Waals surface area contributed by atoms with Crippen molar-refractivity contribution in [2.24, 2.45) is 0 Å². The first-order chi connectivity index (χ1) is 13.8. The van der Waals surface area contributed by atoms with Crippen molar-refractivity contribution < 1.29 is 22.7 Å². The predicted octanol–water partition coefficient (Wildman–Crippen LogP) is 4.16. The van der Waals surface area contributed by atoms with Gasteiger partial charge in [0.1, 0.15) is 21.7 Å². The number of nitrogens with zero attached hydrogens (tertiary/aromatic N) is 1. The Morgan fingerprint density at radius 2 is 1.76 bits per heavy atom. The molecule has 3 rings (SSSR count). The van der Waals surface area contributed by atoms with Crippen LogP contribution in [0, 0.1) is 0 Å². The Hall–Kier alpha value is -2.36. The number of amides is 1. The van der Waals surface area contributed by atoms with E-state index >= 15 is 0 Å². The van der Waals surface area contributed by atoms with Crippen molar-refractivity contribution in [3.05, 3.63) is 41.4 Å². The van der Waals surface area contributed by atoms with Gasteiger partial charge in [-0.3, -0.25) is 4.79 Å². The molecule has 0 radical (unpaired) electrons. The number of hydrogen-bond acceptors (Lipinski definition) is 7. The van der Waals surface area contributed by atoms with Crippen molar-refractivity contribution in [3.8, 4) is 11.5 Å². The van der Waals surface area contributed by atoms with E-state index in [1.165, 1.54) is 35.6 Å². The summed E-state index contributed by atoms with van der Waals surface area (Å²) in [6.07, 6.45) is 0.241. The first-order valence-corrected chi connectivity index (χ1v) is 11.5. The van der Waals surface area contributed by atoms with E-state index in [0.29, 0.717) is 27.2 Å². The second-order valence-electron chi connectivity index (χ2n) is 6.09. The van der Waals surface area contributed by atoms with E-state index in [9.17, 15) is 13.2 Å². The second kappa shape index (κ2) is 8.98. The Labute approximate surface area is 177 Å². The number of carbonyl (C=O) groups is 1. The van der Waals surface area contributed by atoms with E-state index in [1.807, 2.05) is 0 Å². The van der Waals surface area contributed by atoms with Gasteiger partial charge in [0.25, 0.3) is 0 Å². The van der Waals surface area contributed by atoms with E-state index in [1.54, 1.807) is 26.4 Å². The Balaban J connectivity index is 1.63. The third-order valence-corrected chi connectivity index (χ3v) is 7.20. The monoisotopic (exact) mass is 454 g/mol. The molecule has 1 aromatic heterocycles. The van der Waals surface area contributed by atoms with Crippen LogP contribution in [0.2, 0.25) is 5.02 Å². The Morgan fingerprint density at radius 3 is 2.41 bits per heavy atom. The van der Waals surface area contributed by atoms with Gasteiger partial charge in [0, 0.05) is 11.4 Å². The van der Waals surface area contributed by atoms with Crippen molar-refractivity contribution in [2.45, 2.75) is 17.7 Å². The van der Waals surface area contributed by atoms with Gasteiger partial charge >= 0.3 is 0 Å². The first-order valence-electron chi connectivity index (χ1n) is 8.64. The number of hydrogen-bond donors (Lipinski definition) is 1. The molecule has 10 heteroatoms. The minimum Gasteiger partial charge on any atom is -0.495 e. The quantitative estimate of drug-likeness (QED) is 0.549. The molecule has 1 heterocycles. The molecule has 0 saturated heterocycles. The fraction of sp³-hybridized carbons (Fsp3) is 0.263. The van der Waals surface area contributed by atoms with Gasteiger partial charge in [-0.2, -0.15) is 0 Å². The highest BCUT2D eigenvalue weighted by Crippen LogP contribution is 2.38. The molecule has 0 saturated carbocycles. The summed E-state index contributed by atoms with van der Waals surface area (Å²) in [4.78, 5) is 16.8. The van der Waals surface area contributed by atoms with Crippen LogP contribution in [-0.4, -0.2) is 39.3 Å². The molecule has 0 bridgehead atoms. The predicted molar refractivity (Wildman–Crippen MR) is 114 cm³/mol. The van der Waals surface area contributed by atoms with Crippen molar-refractivity contribution in [3.63, 3.8) is 0 Å². The molecular weight excluding hydrogens is 436 g/mol. The van der Waals surface area contributed by atoms with Crippen LogP contribution >= 0.6 is 22.9 Å². The number of nitrogens with one attached hydrogen (secondary N) is 1. The van der Waals surface area contributed by atoms with Gasteiger partial charge < -0.3 is 14.8 Å². The lowest BCUT2D eigenvalue weighted by molar-refractivity contribution is -0.116. The summed E-state index contributed by atoms with van der Waals surface area (Å²) in [6, 6.07) is 9.48. The number of rotatable bonds is 8. The maximum atomic E-state index is 12.3. The molecule has 3 aromatic rings. The van der Waals surface area contributed by atoms with E-state index in [-0.39, 0.29) is 29.4 Å². The molecule has 1 N–H and O–H groups in total. The number of halogens is 1. The molecule has 0 unspecified atom stereocenters. The number of ether oxygens (including phenoxy) is 2. The number of methoxy groups -OCH3 is 2. The SMILES string of the molecule is COc1ccc(OC)c2sc(NC(=O)CCCS(=O)(=O)c3ccc(Cl)cc3)nc12. The standard InChI is InChI=1S/C19H19ClN2O5S2/c1-26-14-9-10-15(27-2)18-17(14)22-19(28-18)21-16(23)4-3-11-29(24,25)13-7-5-12(20)6-8-13/h5-10H,3-4,11H2,1-2H3,(H,21,22,23). The molecular formula is C19H19ClN2O5S2. The topological polar surface area (TPSA) is 94.6 Å². The molecule has 2 aromatic carbocycles. The fourth-order valence-electron chi connectivity index (χ4n) is 2.70. The molecule has 1 amide bonds. The highest BCUT2D eigenvalue weighted by Gasteiger charge is 2.17. The summed E-state index contributed by atoms with van der Waals surface area (Å²) in [5, 5.41) is 3.57.